The van der Waals surface area contributed by atoms with E-state index in [1.54, 1.807) is 0 Å². The normalized spacial score (nSPS) is 13.8. The minimum atomic E-state index is 0. The van der Waals surface area contributed by atoms with Gasteiger partial charge in [-0.2, -0.15) is 0 Å². The van der Waals surface area contributed by atoms with Gasteiger partial charge in [-0.3, -0.25) is 0 Å². The first-order valence-electron chi connectivity index (χ1n) is 10.2. The number of para-hydroxylation sites is 4. The maximum atomic E-state index is 5.96. The largest absolute Gasteiger partial charge is 0.484 e. The molecule has 0 atom stereocenters. The number of rotatable bonds is 0. The average molecular weight is 452 g/mol. The van der Waals surface area contributed by atoms with Crippen LogP contribution in [0.5, 0.6) is 23.0 Å². The van der Waals surface area contributed by atoms with Gasteiger partial charge in [0.15, 0.2) is 23.0 Å². The summed E-state index contributed by atoms with van der Waals surface area (Å²) in [5, 5.41) is 3.12. The maximum absolute atomic E-state index is 5.96. The molecule has 1 aromatic heterocycles. The third-order valence-corrected chi connectivity index (χ3v) is 4.43. The van der Waals surface area contributed by atoms with E-state index in [4.69, 9.17) is 18.9 Å². The fourth-order valence-corrected chi connectivity index (χ4v) is 3.00. The van der Waals surface area contributed by atoms with Crippen LogP contribution in [0.3, 0.4) is 0 Å². The van der Waals surface area contributed by atoms with Gasteiger partial charge in [0.05, 0.1) is 11.4 Å². The summed E-state index contributed by atoms with van der Waals surface area (Å²) in [5.74, 6) is 2.62. The van der Waals surface area contributed by atoms with Gasteiger partial charge in [-0.25, -0.2) is 0 Å². The molecule has 3 aromatic rings. The number of benzene rings is 2. The monoisotopic (exact) mass is 451 g/mol. The molecule has 0 aliphatic carbocycles. The Labute approximate surface area is 195 Å². The summed E-state index contributed by atoms with van der Waals surface area (Å²) in [6.07, 6.45) is 0. The third-order valence-electron chi connectivity index (χ3n) is 4.43. The summed E-state index contributed by atoms with van der Waals surface area (Å²) in [7, 11) is 1.50. The molecule has 1 aliphatic rings. The van der Waals surface area contributed by atoms with Crippen molar-refractivity contribution < 1.29 is 18.9 Å². The highest BCUT2D eigenvalue weighted by atomic mass is 16.5. The van der Waals surface area contributed by atoms with Crippen LogP contribution in [0.15, 0.2) is 85.2 Å². The Morgan fingerprint density at radius 1 is 0.606 bits per heavy atom. The zero-order valence-corrected chi connectivity index (χ0v) is 18.2. The number of nitrogens with two attached hydrogens (primary N) is 1. The summed E-state index contributed by atoms with van der Waals surface area (Å²) in [6.45, 7) is 9.31. The van der Waals surface area contributed by atoms with Crippen molar-refractivity contribution in [3.05, 3.63) is 96.6 Å². The van der Waals surface area contributed by atoms with Crippen molar-refractivity contribution >= 4 is 0 Å². The topological polar surface area (TPSA) is 90.8 Å². The molecule has 0 saturated carbocycles. The Balaban J connectivity index is 0.00000125. The Kier molecular flexibility index (Phi) is 9.92. The molecule has 1 aliphatic heterocycles. The number of nitrogens with one attached hydrogen (secondary N) is 2. The first-order chi connectivity index (χ1) is 15.7. The molecule has 0 amide bonds. The van der Waals surface area contributed by atoms with Gasteiger partial charge < -0.3 is 35.0 Å². The predicted molar refractivity (Wildman–Crippen MR) is 132 cm³/mol. The zero-order valence-electron chi connectivity index (χ0n) is 18.2. The molecule has 0 fully saturated rings. The van der Waals surface area contributed by atoms with Crippen molar-refractivity contribution in [3.8, 4) is 23.0 Å². The molecule has 0 radical (unpaired) electrons. The van der Waals surface area contributed by atoms with Crippen LogP contribution >= 0.6 is 0 Å². The highest BCUT2D eigenvalue weighted by Gasteiger charge is 2.10. The molecule has 2 aromatic carbocycles. The van der Waals surface area contributed by atoms with E-state index in [0.29, 0.717) is 47.6 Å². The smallest absolute Gasteiger partial charge is 0.161 e. The Morgan fingerprint density at radius 2 is 0.939 bits per heavy atom. The molecular formula is C26H33N3O4. The minimum Gasteiger partial charge on any atom is -0.484 e. The van der Waals surface area contributed by atoms with Gasteiger partial charge in [-0.15, -0.1) is 0 Å². The lowest BCUT2D eigenvalue weighted by molar-refractivity contribution is 0.259. The lowest BCUT2D eigenvalue weighted by Crippen LogP contribution is -2.21. The number of aromatic nitrogens is 1. The Bertz CT molecular complexity index is 965. The molecule has 0 spiro atoms. The Morgan fingerprint density at radius 3 is 1.30 bits per heavy atom. The van der Waals surface area contributed by atoms with E-state index >= 15 is 0 Å². The summed E-state index contributed by atoms with van der Waals surface area (Å²) in [6, 6.07) is 19.1. The first kappa shape index (κ1) is 25.4. The van der Waals surface area contributed by atoms with Crippen LogP contribution in [0.25, 0.3) is 0 Å². The van der Waals surface area contributed by atoms with Gasteiger partial charge in [0.25, 0.3) is 0 Å². The quantitative estimate of drug-likeness (QED) is 0.456. The van der Waals surface area contributed by atoms with Crippen LogP contribution in [-0.4, -0.2) is 25.2 Å². The van der Waals surface area contributed by atoms with Gasteiger partial charge in [-0.1, -0.05) is 44.8 Å². The molecule has 176 valence electrons. The minimum absolute atomic E-state index is 0. The molecule has 0 unspecified atom stereocenters. The third kappa shape index (κ3) is 7.36. The van der Waals surface area contributed by atoms with E-state index in [2.05, 4.69) is 29.2 Å². The van der Waals surface area contributed by atoms with Crippen LogP contribution in [0.4, 0.5) is 0 Å². The van der Waals surface area contributed by atoms with E-state index < -0.39 is 0 Å². The van der Waals surface area contributed by atoms with Gasteiger partial charge in [0.1, 0.15) is 26.4 Å². The molecule has 4 N–H and O–H groups in total. The number of fused-ring (bicyclic) bond motifs is 4. The second-order valence-corrected chi connectivity index (χ2v) is 6.89. The van der Waals surface area contributed by atoms with Crippen molar-refractivity contribution in [2.24, 2.45) is 5.73 Å². The molecule has 4 rings (SSSR count). The highest BCUT2D eigenvalue weighted by molar-refractivity contribution is 5.41. The van der Waals surface area contributed by atoms with Crippen LogP contribution < -0.4 is 30.0 Å². The molecule has 2 bridgehead atoms. The molecule has 7 heteroatoms. The number of hydrogen-bond acceptors (Lipinski definition) is 6. The van der Waals surface area contributed by atoms with E-state index in [-0.39, 0.29) is 20.6 Å². The second kappa shape index (κ2) is 12.9. The van der Waals surface area contributed by atoms with Gasteiger partial charge in [0, 0.05) is 11.4 Å². The van der Waals surface area contributed by atoms with Crippen molar-refractivity contribution in [1.82, 2.24) is 10.3 Å². The van der Waals surface area contributed by atoms with Crippen LogP contribution in [0.2, 0.25) is 0 Å². The summed E-state index contributed by atoms with van der Waals surface area (Å²) >= 11 is 0. The van der Waals surface area contributed by atoms with Crippen molar-refractivity contribution in [2.75, 3.05) is 20.3 Å². The van der Waals surface area contributed by atoms with E-state index in [1.807, 2.05) is 60.7 Å². The second-order valence-electron chi connectivity index (χ2n) is 6.89. The lowest BCUT2D eigenvalue weighted by atomic mass is 10.3. The maximum Gasteiger partial charge on any atom is 0.161 e. The summed E-state index contributed by atoms with van der Waals surface area (Å²) in [4.78, 5) is 3.32. The van der Waals surface area contributed by atoms with E-state index in [1.165, 1.54) is 7.05 Å². The van der Waals surface area contributed by atoms with Gasteiger partial charge >= 0.3 is 0 Å². The van der Waals surface area contributed by atoms with Crippen LogP contribution in [0.1, 0.15) is 18.8 Å². The molecule has 7 nitrogen and oxygen atoms in total. The first-order valence-corrected chi connectivity index (χ1v) is 10.2. The van der Waals surface area contributed by atoms with Crippen molar-refractivity contribution in [3.63, 3.8) is 0 Å². The van der Waals surface area contributed by atoms with Crippen molar-refractivity contribution in [2.45, 2.75) is 20.6 Å². The molecule has 2 heterocycles. The van der Waals surface area contributed by atoms with Gasteiger partial charge in [0.2, 0.25) is 0 Å². The van der Waals surface area contributed by atoms with Gasteiger partial charge in [-0.05, 0) is 43.4 Å². The van der Waals surface area contributed by atoms with Crippen molar-refractivity contribution in [1.29, 1.82) is 0 Å². The number of aromatic amines is 1. The SMILES string of the molecule is C.C=C1COc2ccccc2OCc2ccc([nH]2)COc2ccccc2OCC(=C)N1.CN. The van der Waals surface area contributed by atoms with E-state index in [0.717, 1.165) is 11.4 Å². The number of hydrogen-bond donors (Lipinski definition) is 3. The standard InChI is InChI=1S/C24H24N2O4.CH5N.CH4/c1-17-13-27-21-7-3-5-9-23(21)29-15-19-11-12-20(26-19)16-30-24-10-6-4-8-22(24)28-14-18(2)25-17;1-2;/h3-12,25-26H,1-2,13-16H2;2H2,1H3;1H4. The fourth-order valence-electron chi connectivity index (χ4n) is 3.00. The van der Waals surface area contributed by atoms with E-state index in [9.17, 15) is 0 Å². The lowest BCUT2D eigenvalue weighted by Gasteiger charge is -2.17. The fraction of sp³-hybridized carbons (Fsp3) is 0.231. The average Bonchev–Trinajstić information content (AvgIpc) is 3.28. The van der Waals surface area contributed by atoms with Crippen LogP contribution in [0, 0.1) is 0 Å². The summed E-state index contributed by atoms with van der Waals surface area (Å²) < 4.78 is 23.7. The number of H-pyrrole nitrogens is 1. The molecule has 0 saturated heterocycles. The molecular weight excluding hydrogens is 418 g/mol. The predicted octanol–water partition coefficient (Wildman–Crippen LogP) is 4.77. The zero-order chi connectivity index (χ0) is 22.8. The molecule has 33 heavy (non-hydrogen) atoms. The highest BCUT2D eigenvalue weighted by Crippen LogP contribution is 2.29. The van der Waals surface area contributed by atoms with Crippen LogP contribution in [-0.2, 0) is 13.2 Å². The summed E-state index contributed by atoms with van der Waals surface area (Å²) in [5.41, 5.74) is 7.71. The Hall–Kier alpha value is -3.84. The number of ether oxygens (including phenoxy) is 4.